The third kappa shape index (κ3) is 2.95. The van der Waals surface area contributed by atoms with Crippen molar-refractivity contribution in [3.05, 3.63) is 53.7 Å². The minimum absolute atomic E-state index is 0.0307. The summed E-state index contributed by atoms with van der Waals surface area (Å²) in [5.74, 6) is -0.533. The van der Waals surface area contributed by atoms with Crippen molar-refractivity contribution in [2.45, 2.75) is 6.61 Å². The Hall–Kier alpha value is -2.70. The van der Waals surface area contributed by atoms with E-state index < -0.39 is 0 Å². The minimum atomic E-state index is -0.378. The Morgan fingerprint density at radius 2 is 2.05 bits per heavy atom. The van der Waals surface area contributed by atoms with E-state index in [9.17, 15) is 4.39 Å². The van der Waals surface area contributed by atoms with E-state index in [0.29, 0.717) is 5.56 Å². The fourth-order valence-corrected chi connectivity index (χ4v) is 1.42. The fraction of sp³-hybridized carbons (Fsp3) is 0.0833. The normalized spacial score (nSPS) is 11.3. The van der Waals surface area contributed by atoms with Gasteiger partial charge in [-0.05, 0) is 6.07 Å². The van der Waals surface area contributed by atoms with E-state index in [1.54, 1.807) is 18.2 Å². The first-order valence-electron chi connectivity index (χ1n) is 5.37. The lowest BCUT2D eigenvalue weighted by molar-refractivity contribution is 0.284. The third-order valence-corrected chi connectivity index (χ3v) is 2.34. The molecule has 0 aliphatic carbocycles. The number of aromatic nitrogens is 2. The number of hydrogen-bond donors (Lipinski definition) is 2. The molecule has 1 heterocycles. The average molecular weight is 262 g/mol. The molecule has 0 atom stereocenters. The van der Waals surface area contributed by atoms with Gasteiger partial charge in [0.05, 0.1) is 0 Å². The number of ether oxygens (including phenoxy) is 1. The second-order valence-electron chi connectivity index (χ2n) is 3.58. The SMILES string of the molecule is NC(=NO)c1nccnc1OCc1ccccc1F. The number of nitrogens with zero attached hydrogens (tertiary/aromatic N) is 3. The number of halogens is 1. The Morgan fingerprint density at radius 1 is 1.32 bits per heavy atom. The number of amidine groups is 1. The average Bonchev–Trinajstić information content (AvgIpc) is 2.46. The van der Waals surface area contributed by atoms with Crippen LogP contribution in [0.1, 0.15) is 11.3 Å². The van der Waals surface area contributed by atoms with Crippen LogP contribution in [0.25, 0.3) is 0 Å². The highest BCUT2D eigenvalue weighted by Gasteiger charge is 2.12. The maximum atomic E-state index is 13.4. The summed E-state index contributed by atoms with van der Waals surface area (Å²) in [4.78, 5) is 7.80. The quantitative estimate of drug-likeness (QED) is 0.375. The molecule has 1 aromatic carbocycles. The standard InChI is InChI=1S/C12H11FN4O2/c13-9-4-2-1-3-8(9)7-19-12-10(11(14)17-18)15-5-6-16-12/h1-6,18H,7H2,(H2,14,17). The molecular formula is C12H11FN4O2. The maximum absolute atomic E-state index is 13.4. The van der Waals surface area contributed by atoms with Crippen LogP contribution in [0.15, 0.2) is 41.8 Å². The molecular weight excluding hydrogens is 251 g/mol. The zero-order valence-electron chi connectivity index (χ0n) is 9.82. The molecule has 0 saturated heterocycles. The second-order valence-corrected chi connectivity index (χ2v) is 3.58. The van der Waals surface area contributed by atoms with Crippen LogP contribution in [0.3, 0.4) is 0 Å². The molecule has 0 amide bonds. The first-order chi connectivity index (χ1) is 9.22. The van der Waals surface area contributed by atoms with Gasteiger partial charge in [-0.15, -0.1) is 0 Å². The van der Waals surface area contributed by atoms with E-state index in [2.05, 4.69) is 15.1 Å². The lowest BCUT2D eigenvalue weighted by Gasteiger charge is -2.08. The predicted molar refractivity (Wildman–Crippen MR) is 65.3 cm³/mol. The van der Waals surface area contributed by atoms with Gasteiger partial charge in [-0.1, -0.05) is 23.4 Å². The van der Waals surface area contributed by atoms with Crippen LogP contribution in [0.5, 0.6) is 5.88 Å². The van der Waals surface area contributed by atoms with Crippen molar-refractivity contribution in [3.8, 4) is 5.88 Å². The van der Waals surface area contributed by atoms with E-state index >= 15 is 0 Å². The lowest BCUT2D eigenvalue weighted by Crippen LogP contribution is -2.17. The molecule has 0 spiro atoms. The maximum Gasteiger partial charge on any atom is 0.244 e. The Morgan fingerprint density at radius 3 is 2.79 bits per heavy atom. The molecule has 0 saturated carbocycles. The van der Waals surface area contributed by atoms with Crippen LogP contribution in [-0.4, -0.2) is 21.0 Å². The number of nitrogens with two attached hydrogens (primary N) is 1. The summed E-state index contributed by atoms with van der Waals surface area (Å²) >= 11 is 0. The van der Waals surface area contributed by atoms with Crippen LogP contribution in [0.4, 0.5) is 4.39 Å². The number of rotatable bonds is 4. The number of benzene rings is 1. The van der Waals surface area contributed by atoms with Crippen molar-refractivity contribution >= 4 is 5.84 Å². The Balaban J connectivity index is 2.19. The highest BCUT2D eigenvalue weighted by Crippen LogP contribution is 2.14. The molecule has 0 radical (unpaired) electrons. The van der Waals surface area contributed by atoms with Gasteiger partial charge in [0, 0.05) is 18.0 Å². The smallest absolute Gasteiger partial charge is 0.244 e. The van der Waals surface area contributed by atoms with Crippen LogP contribution < -0.4 is 10.5 Å². The largest absolute Gasteiger partial charge is 0.471 e. The zero-order valence-corrected chi connectivity index (χ0v) is 9.82. The fourth-order valence-electron chi connectivity index (χ4n) is 1.42. The van der Waals surface area contributed by atoms with Gasteiger partial charge in [0.15, 0.2) is 11.5 Å². The summed E-state index contributed by atoms with van der Waals surface area (Å²) in [5, 5.41) is 11.5. The highest BCUT2D eigenvalue weighted by atomic mass is 19.1. The van der Waals surface area contributed by atoms with Crippen LogP contribution in [-0.2, 0) is 6.61 Å². The summed E-state index contributed by atoms with van der Waals surface area (Å²) in [5.41, 5.74) is 5.91. The summed E-state index contributed by atoms with van der Waals surface area (Å²) in [6, 6.07) is 6.21. The number of oxime groups is 1. The van der Waals surface area contributed by atoms with E-state index in [0.717, 1.165) is 0 Å². The van der Waals surface area contributed by atoms with Crippen molar-refractivity contribution in [1.29, 1.82) is 0 Å². The summed E-state index contributed by atoms with van der Waals surface area (Å²) in [6.07, 6.45) is 2.77. The summed E-state index contributed by atoms with van der Waals surface area (Å²) in [6.45, 7) is -0.0307. The molecule has 2 aromatic rings. The van der Waals surface area contributed by atoms with Gasteiger partial charge in [-0.25, -0.2) is 14.4 Å². The molecule has 0 aliphatic rings. The predicted octanol–water partition coefficient (Wildman–Crippen LogP) is 1.29. The zero-order chi connectivity index (χ0) is 13.7. The van der Waals surface area contributed by atoms with Gasteiger partial charge in [0.2, 0.25) is 5.88 Å². The molecule has 7 heteroatoms. The molecule has 1 aromatic heterocycles. The van der Waals surface area contributed by atoms with Gasteiger partial charge in [0.25, 0.3) is 0 Å². The third-order valence-electron chi connectivity index (χ3n) is 2.34. The van der Waals surface area contributed by atoms with Crippen molar-refractivity contribution in [3.63, 3.8) is 0 Å². The molecule has 0 unspecified atom stereocenters. The molecule has 2 rings (SSSR count). The van der Waals surface area contributed by atoms with E-state index in [4.69, 9.17) is 15.7 Å². The molecule has 0 fully saturated rings. The van der Waals surface area contributed by atoms with Gasteiger partial charge >= 0.3 is 0 Å². The molecule has 0 bridgehead atoms. The van der Waals surface area contributed by atoms with Gasteiger partial charge in [-0.2, -0.15) is 0 Å². The topological polar surface area (TPSA) is 93.6 Å². The highest BCUT2D eigenvalue weighted by molar-refractivity contribution is 5.97. The first kappa shape index (κ1) is 12.7. The Bertz CT molecular complexity index is 604. The van der Waals surface area contributed by atoms with Gasteiger partial charge < -0.3 is 15.7 Å². The summed E-state index contributed by atoms with van der Waals surface area (Å²) < 4.78 is 18.8. The molecule has 98 valence electrons. The van der Waals surface area contributed by atoms with Crippen molar-refractivity contribution in [2.24, 2.45) is 10.9 Å². The molecule has 6 nitrogen and oxygen atoms in total. The van der Waals surface area contributed by atoms with E-state index in [1.165, 1.54) is 18.5 Å². The van der Waals surface area contributed by atoms with Crippen molar-refractivity contribution in [1.82, 2.24) is 9.97 Å². The lowest BCUT2D eigenvalue weighted by atomic mass is 10.2. The summed E-state index contributed by atoms with van der Waals surface area (Å²) in [7, 11) is 0. The molecule has 3 N–H and O–H groups in total. The van der Waals surface area contributed by atoms with Crippen LogP contribution in [0, 0.1) is 5.82 Å². The van der Waals surface area contributed by atoms with Crippen LogP contribution >= 0.6 is 0 Å². The Kier molecular flexibility index (Phi) is 3.87. The first-order valence-corrected chi connectivity index (χ1v) is 5.37. The Labute approximate surface area is 108 Å². The van der Waals surface area contributed by atoms with Crippen molar-refractivity contribution < 1.29 is 14.3 Å². The van der Waals surface area contributed by atoms with Crippen LogP contribution in [0.2, 0.25) is 0 Å². The van der Waals surface area contributed by atoms with E-state index in [-0.39, 0.29) is 29.8 Å². The second kappa shape index (κ2) is 5.76. The minimum Gasteiger partial charge on any atom is -0.471 e. The number of hydrogen-bond acceptors (Lipinski definition) is 5. The van der Waals surface area contributed by atoms with E-state index in [1.807, 2.05) is 0 Å². The molecule has 0 aliphatic heterocycles. The van der Waals surface area contributed by atoms with Gasteiger partial charge in [-0.3, -0.25) is 0 Å². The van der Waals surface area contributed by atoms with Crippen molar-refractivity contribution in [2.75, 3.05) is 0 Å². The molecule has 19 heavy (non-hydrogen) atoms. The van der Waals surface area contributed by atoms with Gasteiger partial charge in [0.1, 0.15) is 12.4 Å². The monoisotopic (exact) mass is 262 g/mol.